The quantitative estimate of drug-likeness (QED) is 0.386. The molecule has 0 saturated heterocycles. The highest BCUT2D eigenvalue weighted by Gasteiger charge is 2.50. The molecule has 10 heteroatoms. The molecule has 162 valence electrons. The lowest BCUT2D eigenvalue weighted by molar-refractivity contribution is -0.394. The number of ether oxygens (including phenoxy) is 2. The fourth-order valence-electron chi connectivity index (χ4n) is 4.95. The number of non-ortho nitro benzene ring substituents is 2. The van der Waals surface area contributed by atoms with Crippen molar-refractivity contribution in [3.05, 3.63) is 44.0 Å². The summed E-state index contributed by atoms with van der Waals surface area (Å²) < 4.78 is 10.9. The van der Waals surface area contributed by atoms with Gasteiger partial charge in [0, 0.05) is 12.1 Å². The number of fused-ring (bicyclic) bond motifs is 1. The Balaban J connectivity index is 1.81. The Hall–Kier alpha value is -3.04. The van der Waals surface area contributed by atoms with E-state index in [1.807, 2.05) is 6.92 Å². The molecule has 1 aromatic carbocycles. The predicted molar refractivity (Wildman–Crippen MR) is 104 cm³/mol. The second-order valence-corrected chi connectivity index (χ2v) is 7.95. The van der Waals surface area contributed by atoms with E-state index in [0.717, 1.165) is 37.5 Å². The van der Waals surface area contributed by atoms with E-state index in [-0.39, 0.29) is 35.2 Å². The summed E-state index contributed by atoms with van der Waals surface area (Å²) in [6, 6.07) is 2.76. The number of benzene rings is 1. The van der Waals surface area contributed by atoms with Crippen molar-refractivity contribution in [3.8, 4) is 0 Å². The van der Waals surface area contributed by atoms with Crippen LogP contribution in [0, 0.1) is 43.9 Å². The van der Waals surface area contributed by atoms with Gasteiger partial charge in [-0.3, -0.25) is 25.0 Å². The highest BCUT2D eigenvalue weighted by atomic mass is 16.6. The molecule has 0 heterocycles. The van der Waals surface area contributed by atoms with Crippen LogP contribution in [-0.2, 0) is 14.3 Å². The van der Waals surface area contributed by atoms with Gasteiger partial charge in [0.1, 0.15) is 6.10 Å². The van der Waals surface area contributed by atoms with Gasteiger partial charge < -0.3 is 9.47 Å². The molecule has 2 aliphatic carbocycles. The third kappa shape index (κ3) is 4.27. The summed E-state index contributed by atoms with van der Waals surface area (Å²) in [5.74, 6) is -1.31. The Bertz CT molecular complexity index is 838. The number of carbonyl (C=O) groups is 2. The molecule has 0 aliphatic heterocycles. The smallest absolute Gasteiger partial charge is 0.338 e. The van der Waals surface area contributed by atoms with Crippen molar-refractivity contribution in [2.45, 2.75) is 45.6 Å². The maximum absolute atomic E-state index is 12.7. The number of hydrogen-bond acceptors (Lipinski definition) is 8. The molecule has 30 heavy (non-hydrogen) atoms. The molecule has 0 bridgehead atoms. The van der Waals surface area contributed by atoms with Crippen LogP contribution in [0.1, 0.15) is 49.9 Å². The van der Waals surface area contributed by atoms with Gasteiger partial charge in [-0.15, -0.1) is 0 Å². The summed E-state index contributed by atoms with van der Waals surface area (Å²) in [5, 5.41) is 22.1. The Labute approximate surface area is 172 Å². The predicted octanol–water partition coefficient (Wildman–Crippen LogP) is 3.66. The number of nitrogens with zero attached hydrogens (tertiary/aromatic N) is 2. The third-order valence-electron chi connectivity index (χ3n) is 6.16. The molecule has 5 atom stereocenters. The van der Waals surface area contributed by atoms with Gasteiger partial charge in [0.2, 0.25) is 0 Å². The number of esters is 2. The van der Waals surface area contributed by atoms with Gasteiger partial charge >= 0.3 is 11.9 Å². The first kappa shape index (κ1) is 21.7. The maximum Gasteiger partial charge on any atom is 0.338 e. The van der Waals surface area contributed by atoms with Crippen LogP contribution in [0.2, 0.25) is 0 Å². The molecule has 10 nitrogen and oxygen atoms in total. The molecule has 0 aromatic heterocycles. The Morgan fingerprint density at radius 2 is 1.67 bits per heavy atom. The number of nitro groups is 2. The van der Waals surface area contributed by atoms with Gasteiger partial charge in [0.05, 0.1) is 34.0 Å². The second kappa shape index (κ2) is 8.76. The average molecular weight is 420 g/mol. The van der Waals surface area contributed by atoms with E-state index in [1.54, 1.807) is 6.92 Å². The van der Waals surface area contributed by atoms with Crippen molar-refractivity contribution in [1.82, 2.24) is 0 Å². The minimum absolute atomic E-state index is 0.00626. The molecule has 0 radical (unpaired) electrons. The highest BCUT2D eigenvalue weighted by Crippen LogP contribution is 2.49. The molecule has 0 amide bonds. The first-order valence-electron chi connectivity index (χ1n) is 10.0. The van der Waals surface area contributed by atoms with E-state index < -0.39 is 33.3 Å². The standard InChI is InChI=1S/C20H24N2O8/c1-3-29-20(24)18-11(2)7-17(15-5-4-6-16(15)18)30-19(23)12-8-13(21(25)26)10-14(9-12)22(27)28/h8-11,15-18H,3-7H2,1-2H3/t11-,15+,16-,17-,18-/m1/s1. The fourth-order valence-corrected chi connectivity index (χ4v) is 4.95. The van der Waals surface area contributed by atoms with Crippen LogP contribution < -0.4 is 0 Å². The highest BCUT2D eigenvalue weighted by molar-refractivity contribution is 5.91. The minimum atomic E-state index is -0.834. The van der Waals surface area contributed by atoms with Crippen molar-refractivity contribution in [1.29, 1.82) is 0 Å². The molecular formula is C20H24N2O8. The summed E-state index contributed by atoms with van der Waals surface area (Å²) in [6.07, 6.45) is 2.57. The van der Waals surface area contributed by atoms with Crippen molar-refractivity contribution >= 4 is 23.3 Å². The molecule has 1 aromatic rings. The maximum atomic E-state index is 12.7. The topological polar surface area (TPSA) is 139 Å². The third-order valence-corrected chi connectivity index (χ3v) is 6.16. The molecule has 2 aliphatic rings. The van der Waals surface area contributed by atoms with Gasteiger partial charge in [-0.25, -0.2) is 4.79 Å². The van der Waals surface area contributed by atoms with E-state index in [4.69, 9.17) is 9.47 Å². The molecule has 2 fully saturated rings. The van der Waals surface area contributed by atoms with Crippen LogP contribution in [0.25, 0.3) is 0 Å². The lowest BCUT2D eigenvalue weighted by Crippen LogP contribution is -2.45. The first-order chi connectivity index (χ1) is 14.2. The Kier molecular flexibility index (Phi) is 6.33. The van der Waals surface area contributed by atoms with Crippen LogP contribution >= 0.6 is 0 Å². The second-order valence-electron chi connectivity index (χ2n) is 7.95. The molecular weight excluding hydrogens is 396 g/mol. The van der Waals surface area contributed by atoms with Crippen molar-refractivity contribution < 1.29 is 28.9 Å². The zero-order valence-corrected chi connectivity index (χ0v) is 16.8. The fraction of sp³-hybridized carbons (Fsp3) is 0.600. The number of rotatable bonds is 6. The van der Waals surface area contributed by atoms with Gasteiger partial charge in [-0.2, -0.15) is 0 Å². The Morgan fingerprint density at radius 3 is 2.23 bits per heavy atom. The summed E-state index contributed by atoms with van der Waals surface area (Å²) >= 11 is 0. The largest absolute Gasteiger partial charge is 0.466 e. The number of hydrogen-bond donors (Lipinski definition) is 0. The van der Waals surface area contributed by atoms with Gasteiger partial charge in [0.25, 0.3) is 11.4 Å². The normalized spacial score (nSPS) is 27.7. The number of nitro benzene ring substituents is 2. The van der Waals surface area contributed by atoms with Crippen LogP contribution in [0.3, 0.4) is 0 Å². The first-order valence-corrected chi connectivity index (χ1v) is 10.0. The number of carbonyl (C=O) groups excluding carboxylic acids is 2. The molecule has 0 unspecified atom stereocenters. The summed E-state index contributed by atoms with van der Waals surface area (Å²) in [7, 11) is 0. The zero-order valence-electron chi connectivity index (χ0n) is 16.8. The minimum Gasteiger partial charge on any atom is -0.466 e. The van der Waals surface area contributed by atoms with E-state index >= 15 is 0 Å². The van der Waals surface area contributed by atoms with Crippen molar-refractivity contribution in [2.75, 3.05) is 6.61 Å². The molecule has 0 spiro atoms. The summed E-state index contributed by atoms with van der Waals surface area (Å²) in [4.78, 5) is 45.7. The summed E-state index contributed by atoms with van der Waals surface area (Å²) in [6.45, 7) is 4.00. The molecule has 3 rings (SSSR count). The zero-order chi connectivity index (χ0) is 22.0. The Morgan fingerprint density at radius 1 is 1.07 bits per heavy atom. The van der Waals surface area contributed by atoms with Crippen molar-refractivity contribution in [2.24, 2.45) is 23.7 Å². The van der Waals surface area contributed by atoms with Gasteiger partial charge in [0.15, 0.2) is 0 Å². The van der Waals surface area contributed by atoms with Gasteiger partial charge in [-0.05, 0) is 43.9 Å². The van der Waals surface area contributed by atoms with E-state index in [9.17, 15) is 29.8 Å². The van der Waals surface area contributed by atoms with Gasteiger partial charge in [-0.1, -0.05) is 13.3 Å². The van der Waals surface area contributed by atoms with Crippen LogP contribution in [0.15, 0.2) is 18.2 Å². The average Bonchev–Trinajstić information content (AvgIpc) is 3.17. The summed E-state index contributed by atoms with van der Waals surface area (Å²) in [5.41, 5.74) is -1.32. The lowest BCUT2D eigenvalue weighted by Gasteiger charge is -2.41. The SMILES string of the molecule is CCOC(=O)[C@H]1[C@@H]2CCC[C@@H]2[C@H](OC(=O)c2cc([N+](=O)[O-])cc([N+](=O)[O-])c2)C[C@H]1C. The van der Waals surface area contributed by atoms with Crippen LogP contribution in [0.4, 0.5) is 11.4 Å². The van der Waals surface area contributed by atoms with E-state index in [0.29, 0.717) is 13.0 Å². The molecule has 0 N–H and O–H groups in total. The monoisotopic (exact) mass is 420 g/mol. The van der Waals surface area contributed by atoms with Crippen LogP contribution in [-0.4, -0.2) is 34.5 Å². The van der Waals surface area contributed by atoms with Crippen molar-refractivity contribution in [3.63, 3.8) is 0 Å². The van der Waals surface area contributed by atoms with Crippen LogP contribution in [0.5, 0.6) is 0 Å². The molecule has 2 saturated carbocycles. The van der Waals surface area contributed by atoms with E-state index in [1.165, 1.54) is 0 Å². The van der Waals surface area contributed by atoms with E-state index in [2.05, 4.69) is 0 Å². The lowest BCUT2D eigenvalue weighted by atomic mass is 9.67.